The Balaban J connectivity index is 1.94. The third-order valence-corrected chi connectivity index (χ3v) is 3.53. The smallest absolute Gasteiger partial charge is 0.136 e. The van der Waals surface area contributed by atoms with E-state index >= 15 is 0 Å². The maximum Gasteiger partial charge on any atom is 0.136 e. The molecule has 0 saturated carbocycles. The van der Waals surface area contributed by atoms with Gasteiger partial charge in [0.2, 0.25) is 0 Å². The molecule has 0 bridgehead atoms. The third kappa shape index (κ3) is 2.81. The molecule has 0 amide bonds. The number of nitrogens with zero attached hydrogens (tertiary/aromatic N) is 3. The van der Waals surface area contributed by atoms with Gasteiger partial charge in [0.15, 0.2) is 0 Å². The molecule has 2 aromatic heterocycles. The minimum atomic E-state index is -0.257. The van der Waals surface area contributed by atoms with Crippen molar-refractivity contribution >= 4 is 11.9 Å². The molecular weight excluding hydrogens is 277 g/mol. The minimum Gasteiger partial charge on any atom is -0.303 e. The Hall–Kier alpha value is -2.75. The summed E-state index contributed by atoms with van der Waals surface area (Å²) >= 11 is 0. The Kier molecular flexibility index (Phi) is 3.83. The number of halogens is 1. The summed E-state index contributed by atoms with van der Waals surface area (Å²) in [7, 11) is 0. The Morgan fingerprint density at radius 1 is 1.09 bits per heavy atom. The van der Waals surface area contributed by atoms with Crippen LogP contribution in [0.15, 0.2) is 59.7 Å². The summed E-state index contributed by atoms with van der Waals surface area (Å²) in [4.78, 5) is 8.79. The average Bonchev–Trinajstić information content (AvgIpc) is 2.82. The number of hydrogen-bond donors (Lipinski definition) is 0. The van der Waals surface area contributed by atoms with Gasteiger partial charge in [-0.05, 0) is 56.3 Å². The number of benzene rings is 1. The van der Waals surface area contributed by atoms with Crippen LogP contribution in [-0.2, 0) is 0 Å². The third-order valence-electron chi connectivity index (χ3n) is 3.53. The standard InChI is InChI=1S/C18H16FN3/c1-13-11-15(12-21-17-8-6-16(19)7-9-17)14(2)22(13)18-5-3-4-10-20-18/h3-12H,1-2H3. The summed E-state index contributed by atoms with van der Waals surface area (Å²) in [6, 6.07) is 14.0. The van der Waals surface area contributed by atoms with Crippen LogP contribution >= 0.6 is 0 Å². The molecule has 0 N–H and O–H groups in total. The van der Waals surface area contributed by atoms with Gasteiger partial charge in [0, 0.05) is 29.4 Å². The van der Waals surface area contributed by atoms with E-state index < -0.39 is 0 Å². The fourth-order valence-electron chi connectivity index (χ4n) is 2.43. The van der Waals surface area contributed by atoms with Crippen molar-refractivity contribution in [2.24, 2.45) is 4.99 Å². The Labute approximate surface area is 128 Å². The first-order chi connectivity index (χ1) is 10.6. The lowest BCUT2D eigenvalue weighted by Crippen LogP contribution is -2.01. The molecule has 0 radical (unpaired) electrons. The minimum absolute atomic E-state index is 0.257. The summed E-state index contributed by atoms with van der Waals surface area (Å²) in [5, 5.41) is 0. The zero-order valence-corrected chi connectivity index (χ0v) is 12.5. The van der Waals surface area contributed by atoms with Crippen molar-refractivity contribution in [3.8, 4) is 5.82 Å². The van der Waals surface area contributed by atoms with Gasteiger partial charge in [-0.25, -0.2) is 9.37 Å². The van der Waals surface area contributed by atoms with E-state index in [1.807, 2.05) is 32.0 Å². The van der Waals surface area contributed by atoms with E-state index in [1.165, 1.54) is 12.1 Å². The summed E-state index contributed by atoms with van der Waals surface area (Å²) in [6.07, 6.45) is 3.58. The van der Waals surface area contributed by atoms with Gasteiger partial charge in [-0.1, -0.05) is 6.07 Å². The van der Waals surface area contributed by atoms with E-state index in [0.717, 1.165) is 28.5 Å². The second-order valence-electron chi connectivity index (χ2n) is 5.08. The highest BCUT2D eigenvalue weighted by atomic mass is 19.1. The fourth-order valence-corrected chi connectivity index (χ4v) is 2.43. The van der Waals surface area contributed by atoms with E-state index in [2.05, 4.69) is 20.6 Å². The molecular formula is C18H16FN3. The molecule has 0 fully saturated rings. The number of rotatable bonds is 3. The zero-order chi connectivity index (χ0) is 15.5. The van der Waals surface area contributed by atoms with Gasteiger partial charge in [0.1, 0.15) is 11.6 Å². The van der Waals surface area contributed by atoms with Crippen molar-refractivity contribution in [2.75, 3.05) is 0 Å². The first-order valence-electron chi connectivity index (χ1n) is 7.05. The van der Waals surface area contributed by atoms with E-state index in [4.69, 9.17) is 0 Å². The predicted octanol–water partition coefficient (Wildman–Crippen LogP) is 4.38. The van der Waals surface area contributed by atoms with Gasteiger partial charge in [0.25, 0.3) is 0 Å². The summed E-state index contributed by atoms with van der Waals surface area (Å²) in [5.41, 5.74) is 3.91. The number of aromatic nitrogens is 2. The van der Waals surface area contributed by atoms with Crippen LogP contribution in [0.25, 0.3) is 5.82 Å². The summed E-state index contributed by atoms with van der Waals surface area (Å²) < 4.78 is 15.0. The Bertz CT molecular complexity index is 802. The van der Waals surface area contributed by atoms with E-state index in [-0.39, 0.29) is 5.82 Å². The van der Waals surface area contributed by atoms with Crippen molar-refractivity contribution in [3.05, 3.63) is 77.5 Å². The number of hydrogen-bond acceptors (Lipinski definition) is 2. The molecule has 3 nitrogen and oxygen atoms in total. The highest BCUT2D eigenvalue weighted by Gasteiger charge is 2.09. The van der Waals surface area contributed by atoms with Gasteiger partial charge in [-0.2, -0.15) is 0 Å². The first-order valence-corrected chi connectivity index (χ1v) is 7.05. The van der Waals surface area contributed by atoms with Crippen LogP contribution in [-0.4, -0.2) is 15.8 Å². The van der Waals surface area contributed by atoms with Crippen LogP contribution in [0.5, 0.6) is 0 Å². The van der Waals surface area contributed by atoms with Crippen LogP contribution in [0.2, 0.25) is 0 Å². The Morgan fingerprint density at radius 2 is 1.86 bits per heavy atom. The molecule has 0 aliphatic carbocycles. The van der Waals surface area contributed by atoms with Crippen molar-refractivity contribution < 1.29 is 4.39 Å². The normalized spacial score (nSPS) is 11.2. The van der Waals surface area contributed by atoms with Gasteiger partial charge >= 0.3 is 0 Å². The largest absolute Gasteiger partial charge is 0.303 e. The molecule has 0 spiro atoms. The quantitative estimate of drug-likeness (QED) is 0.659. The molecule has 0 unspecified atom stereocenters. The van der Waals surface area contributed by atoms with Gasteiger partial charge in [0.05, 0.1) is 5.69 Å². The van der Waals surface area contributed by atoms with Crippen molar-refractivity contribution in [3.63, 3.8) is 0 Å². The number of pyridine rings is 1. The lowest BCUT2D eigenvalue weighted by molar-refractivity contribution is 0.628. The molecule has 3 rings (SSSR count). The molecule has 3 aromatic rings. The molecule has 0 atom stereocenters. The SMILES string of the molecule is Cc1cc(C=Nc2ccc(F)cc2)c(C)n1-c1ccccn1. The summed E-state index contributed by atoms with van der Waals surface area (Å²) in [6.45, 7) is 4.07. The van der Waals surface area contributed by atoms with Crippen molar-refractivity contribution in [1.29, 1.82) is 0 Å². The lowest BCUT2D eigenvalue weighted by Gasteiger charge is -2.07. The second-order valence-corrected chi connectivity index (χ2v) is 5.08. The molecule has 2 heterocycles. The fraction of sp³-hybridized carbons (Fsp3) is 0.111. The molecule has 0 saturated heterocycles. The van der Waals surface area contributed by atoms with Gasteiger partial charge in [-0.3, -0.25) is 4.99 Å². The highest BCUT2D eigenvalue weighted by Crippen LogP contribution is 2.19. The number of aliphatic imine (C=N–C) groups is 1. The molecule has 1 aromatic carbocycles. The average molecular weight is 293 g/mol. The van der Waals surface area contributed by atoms with Crippen LogP contribution in [0.3, 0.4) is 0 Å². The van der Waals surface area contributed by atoms with Crippen LogP contribution < -0.4 is 0 Å². The van der Waals surface area contributed by atoms with Gasteiger partial charge < -0.3 is 4.57 Å². The van der Waals surface area contributed by atoms with E-state index in [0.29, 0.717) is 0 Å². The first kappa shape index (κ1) is 14.2. The molecule has 0 aliphatic rings. The zero-order valence-electron chi connectivity index (χ0n) is 12.5. The maximum atomic E-state index is 12.9. The van der Waals surface area contributed by atoms with Crippen LogP contribution in [0.4, 0.5) is 10.1 Å². The molecule has 22 heavy (non-hydrogen) atoms. The van der Waals surface area contributed by atoms with Gasteiger partial charge in [-0.15, -0.1) is 0 Å². The van der Waals surface area contributed by atoms with E-state index in [9.17, 15) is 4.39 Å². The monoisotopic (exact) mass is 293 g/mol. The van der Waals surface area contributed by atoms with Crippen LogP contribution in [0, 0.1) is 19.7 Å². The highest BCUT2D eigenvalue weighted by molar-refractivity contribution is 5.84. The topological polar surface area (TPSA) is 30.2 Å². The molecule has 4 heteroatoms. The van der Waals surface area contributed by atoms with Crippen molar-refractivity contribution in [1.82, 2.24) is 9.55 Å². The lowest BCUT2D eigenvalue weighted by atomic mass is 10.2. The maximum absolute atomic E-state index is 12.9. The molecule has 110 valence electrons. The summed E-state index contributed by atoms with van der Waals surface area (Å²) in [5.74, 6) is 0.631. The Morgan fingerprint density at radius 3 is 2.55 bits per heavy atom. The number of aryl methyl sites for hydroxylation is 1. The molecule has 0 aliphatic heterocycles. The van der Waals surface area contributed by atoms with Crippen LogP contribution in [0.1, 0.15) is 17.0 Å². The van der Waals surface area contributed by atoms with Crippen molar-refractivity contribution in [2.45, 2.75) is 13.8 Å². The van der Waals surface area contributed by atoms with E-state index in [1.54, 1.807) is 24.5 Å². The second kappa shape index (κ2) is 5.93. The predicted molar refractivity (Wildman–Crippen MR) is 86.7 cm³/mol.